The van der Waals surface area contributed by atoms with Crippen LogP contribution in [0.2, 0.25) is 0 Å². The van der Waals surface area contributed by atoms with Gasteiger partial charge in [0.1, 0.15) is 12.4 Å². The normalized spacial score (nSPS) is 11.2. The lowest BCUT2D eigenvalue weighted by atomic mass is 10.1. The van der Waals surface area contributed by atoms with Crippen LogP contribution in [0.4, 0.5) is 0 Å². The van der Waals surface area contributed by atoms with Crippen LogP contribution in [0.15, 0.2) is 24.3 Å². The number of hydrogen-bond donors (Lipinski definition) is 1. The summed E-state index contributed by atoms with van der Waals surface area (Å²) in [4.78, 5) is 11.1. The van der Waals surface area contributed by atoms with Crippen LogP contribution >= 0.6 is 0 Å². The van der Waals surface area contributed by atoms with Crippen molar-refractivity contribution < 1.29 is 14.6 Å². The van der Waals surface area contributed by atoms with E-state index in [1.807, 2.05) is 0 Å². The molecule has 15 heavy (non-hydrogen) atoms. The van der Waals surface area contributed by atoms with Crippen molar-refractivity contribution >= 4 is 5.78 Å². The Morgan fingerprint density at radius 1 is 1.47 bits per heavy atom. The third-order valence-electron chi connectivity index (χ3n) is 1.83. The Hall–Kier alpha value is -1.35. The van der Waals surface area contributed by atoms with Gasteiger partial charge in [-0.1, -0.05) is 12.1 Å². The van der Waals surface area contributed by atoms with Crippen molar-refractivity contribution in [2.24, 2.45) is 0 Å². The Morgan fingerprint density at radius 3 is 2.67 bits per heavy atom. The summed E-state index contributed by atoms with van der Waals surface area (Å²) in [5.41, 5.74) is -0.255. The van der Waals surface area contributed by atoms with E-state index in [1.54, 1.807) is 38.1 Å². The molecule has 0 heterocycles. The molecular formula is C12H16O3. The van der Waals surface area contributed by atoms with Crippen LogP contribution in [0.1, 0.15) is 31.1 Å². The van der Waals surface area contributed by atoms with Gasteiger partial charge in [0.2, 0.25) is 0 Å². The highest BCUT2D eigenvalue weighted by atomic mass is 16.5. The molecule has 0 spiro atoms. The van der Waals surface area contributed by atoms with E-state index in [4.69, 9.17) is 4.74 Å². The van der Waals surface area contributed by atoms with Crippen molar-refractivity contribution in [1.82, 2.24) is 0 Å². The number of ketones is 1. The first-order valence-corrected chi connectivity index (χ1v) is 4.85. The number of benzene rings is 1. The first kappa shape index (κ1) is 11.7. The molecule has 0 aliphatic rings. The van der Waals surface area contributed by atoms with Crippen LogP contribution in [-0.4, -0.2) is 23.1 Å². The van der Waals surface area contributed by atoms with Crippen molar-refractivity contribution in [3.8, 4) is 5.75 Å². The summed E-state index contributed by atoms with van der Waals surface area (Å²) in [5.74, 6) is 0.605. The summed E-state index contributed by atoms with van der Waals surface area (Å²) in [6.07, 6.45) is 0. The highest BCUT2D eigenvalue weighted by Crippen LogP contribution is 2.15. The van der Waals surface area contributed by atoms with Gasteiger partial charge in [0.05, 0.1) is 5.60 Å². The Morgan fingerprint density at radius 2 is 2.13 bits per heavy atom. The molecule has 0 fully saturated rings. The van der Waals surface area contributed by atoms with Crippen molar-refractivity contribution in [3.63, 3.8) is 0 Å². The lowest BCUT2D eigenvalue weighted by Crippen LogP contribution is -2.27. The molecule has 3 nitrogen and oxygen atoms in total. The van der Waals surface area contributed by atoms with Crippen LogP contribution in [0.3, 0.4) is 0 Å². The number of carbonyl (C=O) groups excluding carboxylic acids is 1. The van der Waals surface area contributed by atoms with Crippen molar-refractivity contribution in [3.05, 3.63) is 29.8 Å². The predicted octanol–water partition coefficient (Wildman–Crippen LogP) is 2.04. The summed E-state index contributed by atoms with van der Waals surface area (Å²) in [6.45, 7) is 5.05. The second-order valence-corrected chi connectivity index (χ2v) is 4.19. The van der Waals surface area contributed by atoms with E-state index in [9.17, 15) is 9.90 Å². The molecule has 0 unspecified atom stereocenters. The zero-order valence-corrected chi connectivity index (χ0v) is 9.28. The third-order valence-corrected chi connectivity index (χ3v) is 1.83. The second kappa shape index (κ2) is 4.45. The Kier molecular flexibility index (Phi) is 3.48. The summed E-state index contributed by atoms with van der Waals surface area (Å²) < 4.78 is 5.36. The molecule has 1 rings (SSSR count). The summed E-state index contributed by atoms with van der Waals surface area (Å²) in [6, 6.07) is 6.93. The molecule has 0 aromatic heterocycles. The number of carbonyl (C=O) groups is 1. The van der Waals surface area contributed by atoms with Crippen molar-refractivity contribution in [1.29, 1.82) is 0 Å². The SMILES string of the molecule is CC(=O)c1cccc(OCC(C)(C)O)c1. The molecule has 82 valence electrons. The van der Waals surface area contributed by atoms with Crippen LogP contribution in [0.5, 0.6) is 5.75 Å². The Bertz CT molecular complexity index is 350. The quantitative estimate of drug-likeness (QED) is 0.770. The van der Waals surface area contributed by atoms with Gasteiger partial charge in [0, 0.05) is 5.56 Å². The van der Waals surface area contributed by atoms with Gasteiger partial charge >= 0.3 is 0 Å². The lowest BCUT2D eigenvalue weighted by Gasteiger charge is -2.17. The minimum Gasteiger partial charge on any atom is -0.491 e. The molecule has 1 aromatic rings. The van der Waals surface area contributed by atoms with Gasteiger partial charge in [-0.2, -0.15) is 0 Å². The van der Waals surface area contributed by atoms with Crippen LogP contribution < -0.4 is 4.74 Å². The van der Waals surface area contributed by atoms with E-state index in [0.717, 1.165) is 0 Å². The molecule has 0 aliphatic heterocycles. The summed E-state index contributed by atoms with van der Waals surface area (Å²) in [7, 11) is 0. The lowest BCUT2D eigenvalue weighted by molar-refractivity contribution is 0.0285. The zero-order chi connectivity index (χ0) is 11.5. The standard InChI is InChI=1S/C12H16O3/c1-9(13)10-5-4-6-11(7-10)15-8-12(2,3)14/h4-7,14H,8H2,1-3H3. The molecule has 1 aromatic carbocycles. The van der Waals surface area contributed by atoms with Gasteiger partial charge in [-0.25, -0.2) is 0 Å². The van der Waals surface area contributed by atoms with Gasteiger partial charge in [0.15, 0.2) is 5.78 Å². The maximum atomic E-state index is 11.1. The number of rotatable bonds is 4. The fourth-order valence-electron chi connectivity index (χ4n) is 1.06. The molecule has 0 radical (unpaired) electrons. The number of hydrogen-bond acceptors (Lipinski definition) is 3. The smallest absolute Gasteiger partial charge is 0.159 e. The van der Waals surface area contributed by atoms with E-state index in [2.05, 4.69) is 0 Å². The van der Waals surface area contributed by atoms with E-state index < -0.39 is 5.60 Å². The van der Waals surface area contributed by atoms with E-state index in [0.29, 0.717) is 11.3 Å². The monoisotopic (exact) mass is 208 g/mol. The van der Waals surface area contributed by atoms with Gasteiger partial charge < -0.3 is 9.84 Å². The first-order valence-electron chi connectivity index (χ1n) is 4.85. The van der Waals surface area contributed by atoms with Gasteiger partial charge in [0.25, 0.3) is 0 Å². The number of aliphatic hydroxyl groups is 1. The molecule has 0 amide bonds. The topological polar surface area (TPSA) is 46.5 Å². The zero-order valence-electron chi connectivity index (χ0n) is 9.28. The van der Waals surface area contributed by atoms with E-state index in [-0.39, 0.29) is 12.4 Å². The summed E-state index contributed by atoms with van der Waals surface area (Å²) >= 11 is 0. The third kappa shape index (κ3) is 4.13. The average Bonchev–Trinajstić information content (AvgIpc) is 2.14. The molecule has 0 bridgehead atoms. The van der Waals surface area contributed by atoms with Gasteiger partial charge in [-0.15, -0.1) is 0 Å². The van der Waals surface area contributed by atoms with Crippen LogP contribution in [0, 0.1) is 0 Å². The molecular weight excluding hydrogens is 192 g/mol. The first-order chi connectivity index (χ1) is 6.88. The maximum absolute atomic E-state index is 11.1. The summed E-state index contributed by atoms with van der Waals surface area (Å²) in [5, 5.41) is 9.47. The van der Waals surface area contributed by atoms with Crippen LogP contribution in [0.25, 0.3) is 0 Å². The predicted molar refractivity (Wildman–Crippen MR) is 58.2 cm³/mol. The van der Waals surface area contributed by atoms with Gasteiger partial charge in [-0.05, 0) is 32.9 Å². The maximum Gasteiger partial charge on any atom is 0.159 e. The van der Waals surface area contributed by atoms with E-state index >= 15 is 0 Å². The highest BCUT2D eigenvalue weighted by Gasteiger charge is 2.13. The molecule has 3 heteroatoms. The fraction of sp³-hybridized carbons (Fsp3) is 0.417. The number of ether oxygens (including phenoxy) is 1. The molecule has 0 aliphatic carbocycles. The minimum absolute atomic E-state index is 0.00343. The van der Waals surface area contributed by atoms with Crippen molar-refractivity contribution in [2.75, 3.05) is 6.61 Å². The number of Topliss-reactive ketones (excluding diaryl/α,β-unsaturated/α-hetero) is 1. The molecule has 0 atom stereocenters. The second-order valence-electron chi connectivity index (χ2n) is 4.19. The molecule has 0 saturated carbocycles. The minimum atomic E-state index is -0.869. The highest BCUT2D eigenvalue weighted by molar-refractivity contribution is 5.94. The average molecular weight is 208 g/mol. The van der Waals surface area contributed by atoms with E-state index in [1.165, 1.54) is 6.92 Å². The molecule has 0 saturated heterocycles. The largest absolute Gasteiger partial charge is 0.491 e. The van der Waals surface area contributed by atoms with Crippen LogP contribution in [-0.2, 0) is 0 Å². The molecule has 1 N–H and O–H groups in total. The van der Waals surface area contributed by atoms with Gasteiger partial charge in [-0.3, -0.25) is 4.79 Å². The Labute approximate surface area is 89.7 Å². The van der Waals surface area contributed by atoms with Crippen molar-refractivity contribution in [2.45, 2.75) is 26.4 Å². The fourth-order valence-corrected chi connectivity index (χ4v) is 1.06. The Balaban J connectivity index is 2.70.